The van der Waals surface area contributed by atoms with Crippen molar-refractivity contribution in [2.24, 2.45) is 5.92 Å². The predicted octanol–water partition coefficient (Wildman–Crippen LogP) is 6.18. The van der Waals surface area contributed by atoms with Crippen LogP contribution in [0, 0.1) is 5.92 Å². The van der Waals surface area contributed by atoms with Crippen molar-refractivity contribution in [1.82, 2.24) is 24.8 Å². The highest BCUT2D eigenvalue weighted by atomic mass is 35.5. The SMILES string of the molecule is COCc1nc(-c2ccc(CN3CCN(C(=O)C4CCC(N(Cc5cccc(Cl)c5)C(=O)OC(C)(C)C)CC4)CC3)cc2)no1. The zero-order valence-electron chi connectivity index (χ0n) is 26.7. The Bertz CT molecular complexity index is 1420. The minimum atomic E-state index is -0.591. The first-order valence-corrected chi connectivity index (χ1v) is 16.1. The van der Waals surface area contributed by atoms with E-state index in [4.69, 9.17) is 25.6 Å². The monoisotopic (exact) mass is 637 g/mol. The Morgan fingerprint density at radius 1 is 1.00 bits per heavy atom. The molecule has 2 aliphatic rings. The molecular formula is C34H44ClN5O5. The van der Waals surface area contributed by atoms with E-state index >= 15 is 0 Å². The van der Waals surface area contributed by atoms with Gasteiger partial charge in [-0.2, -0.15) is 4.98 Å². The first-order valence-electron chi connectivity index (χ1n) is 15.7. The molecule has 0 spiro atoms. The Morgan fingerprint density at radius 2 is 1.71 bits per heavy atom. The summed E-state index contributed by atoms with van der Waals surface area (Å²) in [6, 6.07) is 15.8. The molecule has 1 aromatic heterocycles. The summed E-state index contributed by atoms with van der Waals surface area (Å²) in [5, 5.41) is 4.67. The Hall–Kier alpha value is -3.47. The number of halogens is 1. The molecule has 11 heteroatoms. The van der Waals surface area contributed by atoms with Crippen molar-refractivity contribution < 1.29 is 23.6 Å². The Labute approximate surface area is 270 Å². The van der Waals surface area contributed by atoms with Crippen molar-refractivity contribution >= 4 is 23.6 Å². The second kappa shape index (κ2) is 14.7. The van der Waals surface area contributed by atoms with Crippen LogP contribution in [-0.4, -0.2) is 81.8 Å². The summed E-state index contributed by atoms with van der Waals surface area (Å²) in [6.07, 6.45) is 2.73. The maximum atomic E-state index is 13.5. The van der Waals surface area contributed by atoms with E-state index in [1.165, 1.54) is 5.56 Å². The van der Waals surface area contributed by atoms with E-state index in [0.717, 1.165) is 69.5 Å². The van der Waals surface area contributed by atoms with Gasteiger partial charge in [-0.15, -0.1) is 0 Å². The summed E-state index contributed by atoms with van der Waals surface area (Å²) in [7, 11) is 1.59. The fraction of sp³-hybridized carbons (Fsp3) is 0.529. The van der Waals surface area contributed by atoms with Crippen LogP contribution in [0.2, 0.25) is 5.02 Å². The van der Waals surface area contributed by atoms with Crippen molar-refractivity contribution in [3.8, 4) is 11.4 Å². The van der Waals surface area contributed by atoms with Gasteiger partial charge >= 0.3 is 6.09 Å². The molecule has 2 amide bonds. The van der Waals surface area contributed by atoms with Gasteiger partial charge in [0.05, 0.1) is 0 Å². The minimum Gasteiger partial charge on any atom is -0.444 e. The first-order chi connectivity index (χ1) is 21.6. The summed E-state index contributed by atoms with van der Waals surface area (Å²) >= 11 is 6.22. The fourth-order valence-corrected chi connectivity index (χ4v) is 6.30. The lowest BCUT2D eigenvalue weighted by Gasteiger charge is -2.40. The molecule has 1 saturated carbocycles. The Morgan fingerprint density at radius 3 is 2.36 bits per heavy atom. The number of benzene rings is 2. The standard InChI is InChI=1S/C34H44ClN5O5/c1-34(2,3)44-33(42)40(22-25-6-5-7-28(35)20-25)29-14-12-27(13-15-29)32(41)39-18-16-38(17-19-39)21-24-8-10-26(11-9-24)31-36-30(23-43-4)45-37-31/h5-11,20,27,29H,12-19,21-23H2,1-4H3. The number of hydrogen-bond acceptors (Lipinski definition) is 8. The van der Waals surface area contributed by atoms with E-state index in [-0.39, 0.29) is 24.0 Å². The Kier molecular flexibility index (Phi) is 10.8. The topological polar surface area (TPSA) is 101 Å². The molecule has 2 heterocycles. The molecule has 5 rings (SSSR count). The smallest absolute Gasteiger partial charge is 0.410 e. The van der Waals surface area contributed by atoms with Gasteiger partial charge in [0.1, 0.15) is 12.2 Å². The number of carbonyl (C=O) groups is 2. The van der Waals surface area contributed by atoms with Crippen LogP contribution in [0.1, 0.15) is 63.5 Å². The van der Waals surface area contributed by atoms with Crippen LogP contribution < -0.4 is 0 Å². The molecule has 1 saturated heterocycles. The highest BCUT2D eigenvalue weighted by Crippen LogP contribution is 2.31. The van der Waals surface area contributed by atoms with Gasteiger partial charge in [-0.1, -0.05) is 53.2 Å². The number of rotatable bonds is 9. The second-order valence-corrected chi connectivity index (χ2v) is 13.4. The molecular weight excluding hydrogens is 594 g/mol. The fourth-order valence-electron chi connectivity index (χ4n) is 6.09. The lowest BCUT2D eigenvalue weighted by atomic mass is 9.84. The van der Waals surface area contributed by atoms with Gasteiger partial charge in [-0.25, -0.2) is 4.79 Å². The lowest BCUT2D eigenvalue weighted by Crippen LogP contribution is -2.51. The zero-order valence-corrected chi connectivity index (χ0v) is 27.5. The van der Waals surface area contributed by atoms with Crippen LogP contribution in [0.3, 0.4) is 0 Å². The maximum absolute atomic E-state index is 13.5. The molecule has 2 aromatic carbocycles. The highest BCUT2D eigenvalue weighted by Gasteiger charge is 2.36. The summed E-state index contributed by atoms with van der Waals surface area (Å²) in [5.41, 5.74) is 2.47. The van der Waals surface area contributed by atoms with Crippen LogP contribution in [0.5, 0.6) is 0 Å². The number of amides is 2. The molecule has 0 bridgehead atoms. The van der Waals surface area contributed by atoms with E-state index < -0.39 is 5.60 Å². The third kappa shape index (κ3) is 9.05. The van der Waals surface area contributed by atoms with Gasteiger partial charge in [0.2, 0.25) is 11.7 Å². The van der Waals surface area contributed by atoms with Crippen LogP contribution in [0.25, 0.3) is 11.4 Å². The van der Waals surface area contributed by atoms with Crippen molar-refractivity contribution in [2.75, 3.05) is 33.3 Å². The molecule has 0 radical (unpaired) electrons. The molecule has 0 unspecified atom stereocenters. The number of methoxy groups -OCH3 is 1. The minimum absolute atomic E-state index is 0.0125. The van der Waals surface area contributed by atoms with Crippen molar-refractivity contribution in [2.45, 2.75) is 77.8 Å². The van der Waals surface area contributed by atoms with Crippen molar-refractivity contribution in [3.63, 3.8) is 0 Å². The largest absolute Gasteiger partial charge is 0.444 e. The third-order valence-corrected chi connectivity index (χ3v) is 8.63. The molecule has 3 aromatic rings. The van der Waals surface area contributed by atoms with E-state index in [9.17, 15) is 9.59 Å². The maximum Gasteiger partial charge on any atom is 0.410 e. The van der Waals surface area contributed by atoms with E-state index in [1.807, 2.05) is 67.0 Å². The predicted molar refractivity (Wildman–Crippen MR) is 171 cm³/mol. The number of aromatic nitrogens is 2. The van der Waals surface area contributed by atoms with Gasteiger partial charge in [-0.05, 0) is 69.7 Å². The van der Waals surface area contributed by atoms with Gasteiger partial charge < -0.3 is 23.8 Å². The molecule has 2 fully saturated rings. The van der Waals surface area contributed by atoms with Crippen molar-refractivity contribution in [1.29, 1.82) is 0 Å². The molecule has 242 valence electrons. The third-order valence-electron chi connectivity index (χ3n) is 8.39. The summed E-state index contributed by atoms with van der Waals surface area (Å²) in [5.74, 6) is 1.23. The highest BCUT2D eigenvalue weighted by molar-refractivity contribution is 6.30. The first kappa shape index (κ1) is 32.9. The number of nitrogens with zero attached hydrogens (tertiary/aromatic N) is 5. The van der Waals surface area contributed by atoms with Gasteiger partial charge in [0.15, 0.2) is 0 Å². The summed E-state index contributed by atoms with van der Waals surface area (Å²) < 4.78 is 16.0. The number of carbonyl (C=O) groups excluding carboxylic acids is 2. The van der Waals surface area contributed by atoms with Gasteiger partial charge in [-0.3, -0.25) is 9.69 Å². The van der Waals surface area contributed by atoms with Crippen LogP contribution in [-0.2, 0) is 34.0 Å². The van der Waals surface area contributed by atoms with Gasteiger partial charge in [0.25, 0.3) is 5.89 Å². The number of ether oxygens (including phenoxy) is 2. The lowest BCUT2D eigenvalue weighted by molar-refractivity contribution is -0.138. The van der Waals surface area contributed by atoms with Crippen LogP contribution >= 0.6 is 11.6 Å². The molecule has 1 aliphatic heterocycles. The summed E-state index contributed by atoms with van der Waals surface area (Å²) in [6.45, 7) is 10.3. The zero-order chi connectivity index (χ0) is 32.0. The summed E-state index contributed by atoms with van der Waals surface area (Å²) in [4.78, 5) is 37.4. The molecule has 10 nitrogen and oxygen atoms in total. The number of hydrogen-bond donors (Lipinski definition) is 0. The second-order valence-electron chi connectivity index (χ2n) is 13.0. The average molecular weight is 638 g/mol. The van der Waals surface area contributed by atoms with Crippen LogP contribution in [0.4, 0.5) is 4.79 Å². The Balaban J connectivity index is 1.10. The van der Waals surface area contributed by atoms with Crippen molar-refractivity contribution in [3.05, 3.63) is 70.6 Å². The molecule has 0 atom stereocenters. The van der Waals surface area contributed by atoms with E-state index in [1.54, 1.807) is 7.11 Å². The normalized spacial score (nSPS) is 19.4. The molecule has 0 N–H and O–H groups in total. The van der Waals surface area contributed by atoms with Gasteiger partial charge in [0, 0.05) is 68.9 Å². The average Bonchev–Trinajstić information content (AvgIpc) is 3.48. The van der Waals surface area contributed by atoms with E-state index in [2.05, 4.69) is 27.2 Å². The molecule has 1 aliphatic carbocycles. The molecule has 45 heavy (non-hydrogen) atoms. The van der Waals surface area contributed by atoms with Crippen LogP contribution in [0.15, 0.2) is 53.1 Å². The van der Waals surface area contributed by atoms with E-state index in [0.29, 0.717) is 29.9 Å². The number of piperazine rings is 1. The quantitative estimate of drug-likeness (QED) is 0.274.